The van der Waals surface area contributed by atoms with E-state index in [1.54, 1.807) is 18.2 Å². The van der Waals surface area contributed by atoms with E-state index in [2.05, 4.69) is 5.32 Å². The predicted molar refractivity (Wildman–Crippen MR) is 82.6 cm³/mol. The van der Waals surface area contributed by atoms with Gasteiger partial charge in [-0.25, -0.2) is 4.39 Å². The standard InChI is InChI=1S/C16H17ClFNO2/c1-2-7-21-16-6-4-12(9-13(16)17)19-10-11-3-5-15(20)14(18)8-11/h3-6,8-9,19-20H,2,7,10H2,1H3. The molecule has 0 saturated heterocycles. The summed E-state index contributed by atoms with van der Waals surface area (Å²) < 4.78 is 18.7. The minimum Gasteiger partial charge on any atom is -0.505 e. The molecule has 2 aromatic rings. The monoisotopic (exact) mass is 309 g/mol. The third-order valence-corrected chi connectivity index (χ3v) is 3.20. The Morgan fingerprint density at radius 1 is 1.24 bits per heavy atom. The van der Waals surface area contributed by atoms with E-state index in [1.165, 1.54) is 12.1 Å². The normalized spacial score (nSPS) is 10.4. The Balaban J connectivity index is 1.99. The maximum atomic E-state index is 13.2. The molecule has 0 atom stereocenters. The zero-order chi connectivity index (χ0) is 15.2. The molecular formula is C16H17ClFNO2. The van der Waals surface area contributed by atoms with Crippen LogP contribution in [0.4, 0.5) is 10.1 Å². The number of hydrogen-bond donors (Lipinski definition) is 2. The molecule has 112 valence electrons. The Bertz CT molecular complexity index is 619. The third-order valence-electron chi connectivity index (χ3n) is 2.90. The van der Waals surface area contributed by atoms with Crippen molar-refractivity contribution in [1.82, 2.24) is 0 Å². The highest BCUT2D eigenvalue weighted by Crippen LogP contribution is 2.28. The van der Waals surface area contributed by atoms with Gasteiger partial charge in [-0.2, -0.15) is 0 Å². The number of aromatic hydroxyl groups is 1. The fourth-order valence-electron chi connectivity index (χ4n) is 1.80. The quantitative estimate of drug-likeness (QED) is 0.820. The summed E-state index contributed by atoms with van der Waals surface area (Å²) >= 11 is 6.13. The third kappa shape index (κ3) is 4.26. The van der Waals surface area contributed by atoms with E-state index < -0.39 is 5.82 Å². The fraction of sp³-hybridized carbons (Fsp3) is 0.250. The van der Waals surface area contributed by atoms with Crippen LogP contribution in [0.3, 0.4) is 0 Å². The summed E-state index contributed by atoms with van der Waals surface area (Å²) in [5, 5.41) is 12.8. The first-order valence-electron chi connectivity index (χ1n) is 6.73. The molecule has 0 radical (unpaired) electrons. The molecule has 0 spiro atoms. The summed E-state index contributed by atoms with van der Waals surface area (Å²) in [6, 6.07) is 9.71. The van der Waals surface area contributed by atoms with Gasteiger partial charge in [0.2, 0.25) is 0 Å². The molecule has 0 aliphatic carbocycles. The fourth-order valence-corrected chi connectivity index (χ4v) is 2.04. The molecule has 2 N–H and O–H groups in total. The number of hydrogen-bond acceptors (Lipinski definition) is 3. The number of phenolic OH excluding ortho intramolecular Hbond substituents is 1. The maximum Gasteiger partial charge on any atom is 0.165 e. The van der Waals surface area contributed by atoms with Gasteiger partial charge < -0.3 is 15.2 Å². The van der Waals surface area contributed by atoms with Crippen molar-refractivity contribution in [3.05, 3.63) is 52.8 Å². The first-order chi connectivity index (χ1) is 10.1. The zero-order valence-electron chi connectivity index (χ0n) is 11.7. The number of nitrogens with one attached hydrogen (secondary N) is 1. The van der Waals surface area contributed by atoms with Crippen molar-refractivity contribution in [1.29, 1.82) is 0 Å². The second-order valence-corrected chi connectivity index (χ2v) is 5.04. The minimum absolute atomic E-state index is 0.348. The average Bonchev–Trinajstić information content (AvgIpc) is 2.47. The average molecular weight is 310 g/mol. The lowest BCUT2D eigenvalue weighted by Crippen LogP contribution is -2.01. The molecule has 0 aliphatic heterocycles. The molecular weight excluding hydrogens is 293 g/mol. The van der Waals surface area contributed by atoms with E-state index in [0.717, 1.165) is 17.7 Å². The van der Waals surface area contributed by atoms with Crippen LogP contribution in [0.1, 0.15) is 18.9 Å². The van der Waals surface area contributed by atoms with Gasteiger partial charge in [-0.05, 0) is 42.3 Å². The molecule has 5 heteroatoms. The number of rotatable bonds is 6. The Morgan fingerprint density at radius 2 is 2.05 bits per heavy atom. The number of benzene rings is 2. The second-order valence-electron chi connectivity index (χ2n) is 4.63. The van der Waals surface area contributed by atoms with Gasteiger partial charge in [0.05, 0.1) is 11.6 Å². The van der Waals surface area contributed by atoms with Gasteiger partial charge in [0.15, 0.2) is 11.6 Å². The van der Waals surface area contributed by atoms with E-state index in [-0.39, 0.29) is 5.75 Å². The molecule has 0 heterocycles. The highest BCUT2D eigenvalue weighted by molar-refractivity contribution is 6.32. The van der Waals surface area contributed by atoms with Crippen molar-refractivity contribution < 1.29 is 14.2 Å². The summed E-state index contributed by atoms with van der Waals surface area (Å²) in [7, 11) is 0. The number of phenols is 1. The first-order valence-corrected chi connectivity index (χ1v) is 7.11. The first kappa shape index (κ1) is 15.4. The number of halogens is 2. The molecule has 0 saturated carbocycles. The van der Waals surface area contributed by atoms with Gasteiger partial charge >= 0.3 is 0 Å². The van der Waals surface area contributed by atoms with Crippen molar-refractivity contribution in [3.8, 4) is 11.5 Å². The Hall–Kier alpha value is -1.94. The lowest BCUT2D eigenvalue weighted by Gasteiger charge is -2.11. The molecule has 0 aromatic heterocycles. The lowest BCUT2D eigenvalue weighted by atomic mass is 10.2. The molecule has 2 aromatic carbocycles. The van der Waals surface area contributed by atoms with Crippen LogP contribution >= 0.6 is 11.6 Å². The van der Waals surface area contributed by atoms with Crippen LogP contribution in [0.2, 0.25) is 5.02 Å². The van der Waals surface area contributed by atoms with E-state index >= 15 is 0 Å². The van der Waals surface area contributed by atoms with Crippen LogP contribution < -0.4 is 10.1 Å². The Labute approximate surface area is 128 Å². The van der Waals surface area contributed by atoms with Crippen LogP contribution in [-0.4, -0.2) is 11.7 Å². The smallest absolute Gasteiger partial charge is 0.165 e. The zero-order valence-corrected chi connectivity index (χ0v) is 12.5. The summed E-state index contributed by atoms with van der Waals surface area (Å²) in [5.41, 5.74) is 1.55. The molecule has 0 amide bonds. The molecule has 2 rings (SSSR count). The van der Waals surface area contributed by atoms with Crippen LogP contribution in [0, 0.1) is 5.82 Å². The summed E-state index contributed by atoms with van der Waals surface area (Å²) in [4.78, 5) is 0. The van der Waals surface area contributed by atoms with E-state index in [1.807, 2.05) is 13.0 Å². The summed E-state index contributed by atoms with van der Waals surface area (Å²) in [6.45, 7) is 3.09. The largest absolute Gasteiger partial charge is 0.505 e. The van der Waals surface area contributed by atoms with Crippen LogP contribution in [0.5, 0.6) is 11.5 Å². The van der Waals surface area contributed by atoms with Gasteiger partial charge in [0.25, 0.3) is 0 Å². The van der Waals surface area contributed by atoms with Crippen molar-refractivity contribution in [2.24, 2.45) is 0 Å². The van der Waals surface area contributed by atoms with Gasteiger partial charge in [0, 0.05) is 12.2 Å². The second kappa shape index (κ2) is 7.18. The van der Waals surface area contributed by atoms with E-state index in [0.29, 0.717) is 23.9 Å². The summed E-state index contributed by atoms with van der Waals surface area (Å²) in [6.07, 6.45) is 0.919. The minimum atomic E-state index is -0.629. The van der Waals surface area contributed by atoms with E-state index in [9.17, 15) is 4.39 Å². The van der Waals surface area contributed by atoms with Gasteiger partial charge in [0.1, 0.15) is 5.75 Å². The highest BCUT2D eigenvalue weighted by Gasteiger charge is 2.04. The lowest BCUT2D eigenvalue weighted by molar-refractivity contribution is 0.317. The summed E-state index contributed by atoms with van der Waals surface area (Å²) in [5.74, 6) is -0.324. The van der Waals surface area contributed by atoms with Crippen LogP contribution in [0.25, 0.3) is 0 Å². The van der Waals surface area contributed by atoms with Crippen molar-refractivity contribution in [2.75, 3.05) is 11.9 Å². The predicted octanol–water partition coefficient (Wildman–Crippen LogP) is 4.59. The Kier molecular flexibility index (Phi) is 5.28. The van der Waals surface area contributed by atoms with Crippen LogP contribution in [0.15, 0.2) is 36.4 Å². The topological polar surface area (TPSA) is 41.5 Å². The molecule has 0 aliphatic rings. The molecule has 0 bridgehead atoms. The van der Waals surface area contributed by atoms with Gasteiger partial charge in [-0.3, -0.25) is 0 Å². The molecule has 3 nitrogen and oxygen atoms in total. The molecule has 0 unspecified atom stereocenters. The van der Waals surface area contributed by atoms with Crippen molar-refractivity contribution in [2.45, 2.75) is 19.9 Å². The SMILES string of the molecule is CCCOc1ccc(NCc2ccc(O)c(F)c2)cc1Cl. The number of ether oxygens (including phenoxy) is 1. The van der Waals surface area contributed by atoms with E-state index in [4.69, 9.17) is 21.4 Å². The molecule has 0 fully saturated rings. The Morgan fingerprint density at radius 3 is 2.71 bits per heavy atom. The van der Waals surface area contributed by atoms with Crippen molar-refractivity contribution in [3.63, 3.8) is 0 Å². The van der Waals surface area contributed by atoms with Gasteiger partial charge in [-0.15, -0.1) is 0 Å². The highest BCUT2D eigenvalue weighted by atomic mass is 35.5. The van der Waals surface area contributed by atoms with Gasteiger partial charge in [-0.1, -0.05) is 24.6 Å². The molecule has 21 heavy (non-hydrogen) atoms. The van der Waals surface area contributed by atoms with Crippen LogP contribution in [-0.2, 0) is 6.54 Å². The number of anilines is 1. The maximum absolute atomic E-state index is 13.2. The van der Waals surface area contributed by atoms with Crippen molar-refractivity contribution >= 4 is 17.3 Å².